The van der Waals surface area contributed by atoms with Crippen LogP contribution in [0, 0.1) is 13.8 Å². The van der Waals surface area contributed by atoms with Gasteiger partial charge in [0.25, 0.3) is 0 Å². The molecule has 0 amide bonds. The van der Waals surface area contributed by atoms with Crippen LogP contribution < -0.4 is 9.80 Å². The molecule has 1 aromatic heterocycles. The molecule has 0 unspecified atom stereocenters. The standard InChI is InChI=1S/C21H24N4O2S/c1-15-5-4-6-20(16(15)2)24-9-11-25(12-10-24)21-18-13-17(28(3,26)27)7-8-19(18)22-14-23-21/h4-8,13-14H,9-12H2,1-3H3. The van der Waals surface area contributed by atoms with Crippen molar-refractivity contribution < 1.29 is 8.42 Å². The maximum atomic E-state index is 12.0. The van der Waals surface area contributed by atoms with Gasteiger partial charge in [0.2, 0.25) is 0 Å². The molecule has 0 bridgehead atoms. The molecule has 3 aromatic rings. The smallest absolute Gasteiger partial charge is 0.175 e. The van der Waals surface area contributed by atoms with Gasteiger partial charge in [-0.25, -0.2) is 18.4 Å². The fourth-order valence-electron chi connectivity index (χ4n) is 3.74. The molecule has 0 radical (unpaired) electrons. The second-order valence-corrected chi connectivity index (χ2v) is 9.36. The Labute approximate surface area is 165 Å². The number of rotatable bonds is 3. The zero-order chi connectivity index (χ0) is 19.9. The average molecular weight is 397 g/mol. The Bertz CT molecular complexity index is 1140. The predicted octanol–water partition coefficient (Wildman–Crippen LogP) is 2.98. The monoisotopic (exact) mass is 396 g/mol. The molecule has 4 rings (SSSR count). The predicted molar refractivity (Wildman–Crippen MR) is 113 cm³/mol. The highest BCUT2D eigenvalue weighted by molar-refractivity contribution is 7.90. The summed E-state index contributed by atoms with van der Waals surface area (Å²) in [6, 6.07) is 11.5. The minimum atomic E-state index is -3.28. The normalized spacial score (nSPS) is 15.2. The molecule has 0 aliphatic carbocycles. The van der Waals surface area contributed by atoms with E-state index in [9.17, 15) is 8.42 Å². The van der Waals surface area contributed by atoms with Crippen LogP contribution >= 0.6 is 0 Å². The molecular weight excluding hydrogens is 372 g/mol. The molecule has 0 atom stereocenters. The first-order valence-corrected chi connectivity index (χ1v) is 11.2. The summed E-state index contributed by atoms with van der Waals surface area (Å²) in [5.41, 5.74) is 4.66. The molecule has 1 fully saturated rings. The Hall–Kier alpha value is -2.67. The summed E-state index contributed by atoms with van der Waals surface area (Å²) >= 11 is 0. The number of benzene rings is 2. The third kappa shape index (κ3) is 3.42. The van der Waals surface area contributed by atoms with E-state index in [-0.39, 0.29) is 0 Å². The van der Waals surface area contributed by atoms with Gasteiger partial charge in [-0.2, -0.15) is 0 Å². The van der Waals surface area contributed by atoms with Crippen molar-refractivity contribution >= 4 is 32.2 Å². The van der Waals surface area contributed by atoms with Crippen molar-refractivity contribution in [3.63, 3.8) is 0 Å². The van der Waals surface area contributed by atoms with Gasteiger partial charge in [0.1, 0.15) is 12.1 Å². The van der Waals surface area contributed by atoms with Crippen molar-refractivity contribution in [2.75, 3.05) is 42.2 Å². The Balaban J connectivity index is 1.63. The number of sulfone groups is 1. The van der Waals surface area contributed by atoms with Crippen LogP contribution in [0.4, 0.5) is 11.5 Å². The van der Waals surface area contributed by atoms with Gasteiger partial charge in [0.15, 0.2) is 9.84 Å². The maximum Gasteiger partial charge on any atom is 0.175 e. The van der Waals surface area contributed by atoms with Gasteiger partial charge < -0.3 is 9.80 Å². The van der Waals surface area contributed by atoms with E-state index in [0.29, 0.717) is 4.90 Å². The molecule has 1 aliphatic heterocycles. The zero-order valence-corrected chi connectivity index (χ0v) is 17.2. The number of aryl methyl sites for hydroxylation is 1. The second kappa shape index (κ2) is 7.05. The van der Waals surface area contributed by atoms with Crippen LogP contribution in [0.25, 0.3) is 10.9 Å². The largest absolute Gasteiger partial charge is 0.368 e. The lowest BCUT2D eigenvalue weighted by atomic mass is 10.1. The Morgan fingerprint density at radius 2 is 1.64 bits per heavy atom. The van der Waals surface area contributed by atoms with Crippen molar-refractivity contribution in [3.05, 3.63) is 53.9 Å². The number of fused-ring (bicyclic) bond motifs is 1. The van der Waals surface area contributed by atoms with Crippen molar-refractivity contribution in [3.8, 4) is 0 Å². The first-order valence-electron chi connectivity index (χ1n) is 9.35. The third-order valence-corrected chi connectivity index (χ3v) is 6.62. The van der Waals surface area contributed by atoms with E-state index in [1.54, 1.807) is 24.5 Å². The molecule has 0 spiro atoms. The van der Waals surface area contributed by atoms with Crippen LogP contribution in [-0.2, 0) is 9.84 Å². The molecule has 1 saturated heterocycles. The maximum absolute atomic E-state index is 12.0. The number of nitrogens with zero attached hydrogens (tertiary/aromatic N) is 4. The average Bonchev–Trinajstić information content (AvgIpc) is 2.69. The van der Waals surface area contributed by atoms with E-state index < -0.39 is 9.84 Å². The van der Waals surface area contributed by atoms with Gasteiger partial charge in [0.05, 0.1) is 10.4 Å². The highest BCUT2D eigenvalue weighted by Gasteiger charge is 2.22. The van der Waals surface area contributed by atoms with Crippen LogP contribution in [0.1, 0.15) is 11.1 Å². The lowest BCUT2D eigenvalue weighted by Gasteiger charge is -2.38. The van der Waals surface area contributed by atoms with Gasteiger partial charge in [-0.3, -0.25) is 0 Å². The minimum Gasteiger partial charge on any atom is -0.368 e. The lowest BCUT2D eigenvalue weighted by molar-refractivity contribution is 0.602. The van der Waals surface area contributed by atoms with Crippen LogP contribution in [0.5, 0.6) is 0 Å². The number of anilines is 2. The van der Waals surface area contributed by atoms with Gasteiger partial charge in [0, 0.05) is 43.5 Å². The molecule has 0 N–H and O–H groups in total. The topological polar surface area (TPSA) is 66.4 Å². The van der Waals surface area contributed by atoms with E-state index in [4.69, 9.17) is 0 Å². The number of hydrogen-bond acceptors (Lipinski definition) is 6. The third-order valence-electron chi connectivity index (χ3n) is 5.51. The fourth-order valence-corrected chi connectivity index (χ4v) is 4.39. The summed E-state index contributed by atoms with van der Waals surface area (Å²) in [5.74, 6) is 0.802. The van der Waals surface area contributed by atoms with Gasteiger partial charge in [-0.05, 0) is 49.2 Å². The van der Waals surface area contributed by atoms with Crippen molar-refractivity contribution in [1.82, 2.24) is 9.97 Å². The first-order chi connectivity index (χ1) is 13.3. The molecule has 28 heavy (non-hydrogen) atoms. The van der Waals surface area contributed by atoms with E-state index in [2.05, 4.69) is 51.8 Å². The Kier molecular flexibility index (Phi) is 4.71. The summed E-state index contributed by atoms with van der Waals surface area (Å²) in [7, 11) is -3.28. The number of aromatic nitrogens is 2. The van der Waals surface area contributed by atoms with Crippen molar-refractivity contribution in [2.24, 2.45) is 0 Å². The summed E-state index contributed by atoms with van der Waals surface area (Å²) in [5, 5.41) is 0.783. The summed E-state index contributed by atoms with van der Waals surface area (Å²) in [4.78, 5) is 13.7. The van der Waals surface area contributed by atoms with Crippen LogP contribution in [-0.4, -0.2) is 50.8 Å². The molecule has 7 heteroatoms. The van der Waals surface area contributed by atoms with Gasteiger partial charge in [-0.1, -0.05) is 12.1 Å². The molecule has 146 valence electrons. The highest BCUT2D eigenvalue weighted by atomic mass is 32.2. The molecule has 0 saturated carbocycles. The van der Waals surface area contributed by atoms with Crippen LogP contribution in [0.15, 0.2) is 47.6 Å². The number of piperazine rings is 1. The van der Waals surface area contributed by atoms with E-state index in [1.807, 2.05) is 0 Å². The van der Waals surface area contributed by atoms with Crippen molar-refractivity contribution in [2.45, 2.75) is 18.7 Å². The summed E-state index contributed by atoms with van der Waals surface area (Å²) in [6.07, 6.45) is 2.77. The summed E-state index contributed by atoms with van der Waals surface area (Å²) < 4.78 is 23.9. The zero-order valence-electron chi connectivity index (χ0n) is 16.4. The highest BCUT2D eigenvalue weighted by Crippen LogP contribution is 2.28. The van der Waals surface area contributed by atoms with Crippen molar-refractivity contribution in [1.29, 1.82) is 0 Å². The molecule has 1 aliphatic rings. The Morgan fingerprint density at radius 3 is 2.36 bits per heavy atom. The van der Waals surface area contributed by atoms with Gasteiger partial charge >= 0.3 is 0 Å². The molecular formula is C21H24N4O2S. The Morgan fingerprint density at radius 1 is 0.929 bits per heavy atom. The second-order valence-electron chi connectivity index (χ2n) is 7.34. The quantitative estimate of drug-likeness (QED) is 0.678. The van der Waals surface area contributed by atoms with Crippen LogP contribution in [0.3, 0.4) is 0 Å². The van der Waals surface area contributed by atoms with Gasteiger partial charge in [-0.15, -0.1) is 0 Å². The van der Waals surface area contributed by atoms with E-state index in [0.717, 1.165) is 42.9 Å². The van der Waals surface area contributed by atoms with E-state index in [1.165, 1.54) is 23.1 Å². The minimum absolute atomic E-state index is 0.296. The molecule has 2 heterocycles. The van der Waals surface area contributed by atoms with Crippen LogP contribution in [0.2, 0.25) is 0 Å². The number of hydrogen-bond donors (Lipinski definition) is 0. The lowest BCUT2D eigenvalue weighted by Crippen LogP contribution is -2.47. The molecule has 2 aromatic carbocycles. The van der Waals surface area contributed by atoms with E-state index >= 15 is 0 Å². The summed E-state index contributed by atoms with van der Waals surface area (Å²) in [6.45, 7) is 7.73. The first kappa shape index (κ1) is 18.7. The fraction of sp³-hybridized carbons (Fsp3) is 0.333. The molecule has 6 nitrogen and oxygen atoms in total. The SMILES string of the molecule is Cc1cccc(N2CCN(c3ncnc4ccc(S(C)(=O)=O)cc34)CC2)c1C.